The second kappa shape index (κ2) is 17.3. The van der Waals surface area contributed by atoms with Crippen LogP contribution in [0.1, 0.15) is 106 Å². The van der Waals surface area contributed by atoms with Gasteiger partial charge < -0.3 is 24.1 Å². The predicted molar refractivity (Wildman–Crippen MR) is 263 cm³/mol. The van der Waals surface area contributed by atoms with Crippen molar-refractivity contribution in [3.63, 3.8) is 0 Å². The second-order valence-electron chi connectivity index (χ2n) is 22.4. The van der Waals surface area contributed by atoms with Crippen molar-refractivity contribution in [2.75, 3.05) is 60.2 Å². The third kappa shape index (κ3) is 7.68. The van der Waals surface area contributed by atoms with Crippen molar-refractivity contribution in [2.45, 2.75) is 108 Å². The van der Waals surface area contributed by atoms with Gasteiger partial charge in [-0.15, -0.1) is 11.3 Å². The first kappa shape index (κ1) is 45.9. The number of rotatable bonds is 8. The van der Waals surface area contributed by atoms with E-state index in [1.807, 2.05) is 25.3 Å². The van der Waals surface area contributed by atoms with Gasteiger partial charge in [0.25, 0.3) is 5.91 Å². The SMILES string of the molecule is CO[C@@H](C)c1ncccc1-c1c2c3cc(ccc3n1C1CC3(COC3)C1)-c1csc(n1)[C@@H](N1CC3(CCN3C)C1)[C@H](NC(=O)[C@@H]1[C@@H](C)[C@H]1c1ccncn1)C(=O)N1CCC[C@H](N1)C(=O)OCC(C)(C)C2. The zero-order valence-electron chi connectivity index (χ0n) is 41.0. The molecule has 4 saturated heterocycles. The van der Waals surface area contributed by atoms with Gasteiger partial charge in [0.2, 0.25) is 5.91 Å². The molecule has 7 atom stereocenters. The first-order valence-electron chi connectivity index (χ1n) is 25.2. The number of aromatic nitrogens is 5. The minimum Gasteiger partial charge on any atom is -0.464 e. The Morgan fingerprint density at radius 3 is 2.60 bits per heavy atom. The van der Waals surface area contributed by atoms with Crippen molar-refractivity contribution in [1.82, 2.24) is 50.1 Å². The molecular formula is C53H64N10O6S. The Bertz CT molecular complexity index is 2850. The number of hydrogen-bond acceptors (Lipinski definition) is 14. The molecule has 2 aliphatic carbocycles. The Labute approximate surface area is 412 Å². The summed E-state index contributed by atoms with van der Waals surface area (Å²) in [7, 11) is 3.89. The summed E-state index contributed by atoms with van der Waals surface area (Å²) in [4.78, 5) is 68.1. The van der Waals surface area contributed by atoms with E-state index in [2.05, 4.69) is 92.5 Å². The van der Waals surface area contributed by atoms with Gasteiger partial charge in [-0.3, -0.25) is 34.2 Å². The lowest BCUT2D eigenvalue weighted by atomic mass is 9.64. The normalized spacial score (nSPS) is 28.8. The van der Waals surface area contributed by atoms with E-state index in [4.69, 9.17) is 24.2 Å². The van der Waals surface area contributed by atoms with Crippen molar-refractivity contribution >= 4 is 40.0 Å². The summed E-state index contributed by atoms with van der Waals surface area (Å²) in [6.07, 6.45) is 9.63. The van der Waals surface area contributed by atoms with Crippen LogP contribution in [-0.2, 0) is 35.0 Å². The molecule has 70 heavy (non-hydrogen) atoms. The van der Waals surface area contributed by atoms with Crippen LogP contribution in [-0.4, -0.2) is 135 Å². The quantitative estimate of drug-likeness (QED) is 0.167. The van der Waals surface area contributed by atoms with Crippen molar-refractivity contribution in [3.05, 3.63) is 82.5 Å². The zero-order valence-corrected chi connectivity index (χ0v) is 41.8. The summed E-state index contributed by atoms with van der Waals surface area (Å²) < 4.78 is 20.6. The summed E-state index contributed by atoms with van der Waals surface area (Å²) in [6, 6.07) is 10.7. The van der Waals surface area contributed by atoms with Gasteiger partial charge in [-0.2, -0.15) is 0 Å². The molecule has 368 valence electrons. The van der Waals surface area contributed by atoms with E-state index in [-0.39, 0.29) is 59.3 Å². The lowest BCUT2D eigenvalue weighted by Gasteiger charge is -2.63. The highest BCUT2D eigenvalue weighted by molar-refractivity contribution is 7.10. The van der Waals surface area contributed by atoms with Crippen molar-refractivity contribution in [1.29, 1.82) is 0 Å². The van der Waals surface area contributed by atoms with Crippen molar-refractivity contribution in [3.8, 4) is 22.5 Å². The van der Waals surface area contributed by atoms with Crippen LogP contribution in [0.15, 0.2) is 60.5 Å². The first-order chi connectivity index (χ1) is 33.8. The number of benzene rings is 1. The van der Waals surface area contributed by atoms with Gasteiger partial charge in [0.15, 0.2) is 0 Å². The van der Waals surface area contributed by atoms with Crippen LogP contribution in [0.2, 0.25) is 0 Å². The van der Waals surface area contributed by atoms with Crippen LogP contribution in [0, 0.1) is 22.7 Å². The van der Waals surface area contributed by atoms with E-state index in [9.17, 15) is 9.59 Å². The molecule has 4 aromatic heterocycles. The molecule has 5 aliphatic heterocycles. The van der Waals surface area contributed by atoms with Gasteiger partial charge >= 0.3 is 5.97 Å². The average molecular weight is 969 g/mol. The van der Waals surface area contributed by atoms with Crippen LogP contribution < -0.4 is 10.7 Å². The maximum atomic E-state index is 15.4. The van der Waals surface area contributed by atoms with Gasteiger partial charge in [0.05, 0.1) is 49.0 Å². The molecule has 2 amide bonds. The Hall–Kier alpha value is -5.17. The van der Waals surface area contributed by atoms with Gasteiger partial charge in [0.1, 0.15) is 23.4 Å². The molecule has 7 aliphatic rings. The summed E-state index contributed by atoms with van der Waals surface area (Å²) in [6.45, 7) is 13.0. The van der Waals surface area contributed by atoms with E-state index in [0.717, 1.165) is 107 Å². The third-order valence-electron chi connectivity index (χ3n) is 17.1. The number of thiazole rings is 1. The standard InChI is InChI=1S/C53H64N10O6S/c1-30-41(37-13-16-54-29-56-37)42(30)47(64)58-44-46(61-24-53(25-61)14-18-60(53)5)48-57-39(23-70-48)32-11-12-40-35(19-32)36(22-51(3,4)26-69-50(66)38-10-8-17-62(59-38)49(44)65)45(34-9-7-15-55-43(34)31(2)67-6)63(40)33-20-52(21-33)27-68-28-52/h7,9,11-13,15-16,19,23,29-31,33,38,41-42,44,46,59H,8,10,14,17-18,20-22,24-28H2,1-6H3,(H,58,64)/t30-,31-,38-,41-,42+,44-,46-/m0/s1. The average Bonchev–Trinajstić information content (AvgIpc) is 3.60. The third-order valence-corrected chi connectivity index (χ3v) is 18.1. The Morgan fingerprint density at radius 1 is 1.06 bits per heavy atom. The monoisotopic (exact) mass is 968 g/mol. The Morgan fingerprint density at radius 2 is 1.89 bits per heavy atom. The molecular weight excluding hydrogens is 905 g/mol. The van der Waals surface area contributed by atoms with E-state index in [1.54, 1.807) is 18.3 Å². The number of amides is 2. The number of hydrazine groups is 1. The maximum absolute atomic E-state index is 15.4. The molecule has 5 aromatic rings. The summed E-state index contributed by atoms with van der Waals surface area (Å²) in [5, 5.41) is 8.87. The summed E-state index contributed by atoms with van der Waals surface area (Å²) in [5.74, 6) is -1.32. The molecule has 1 aromatic carbocycles. The number of esters is 1. The molecule has 9 heterocycles. The van der Waals surface area contributed by atoms with Crippen LogP contribution in [0.5, 0.6) is 0 Å². The van der Waals surface area contributed by atoms with Crippen molar-refractivity contribution in [2.24, 2.45) is 22.7 Å². The number of fused-ring (bicyclic) bond motifs is 6. The zero-order chi connectivity index (χ0) is 48.3. The molecule has 2 N–H and O–H groups in total. The molecule has 6 bridgehead atoms. The minimum absolute atomic E-state index is 0.0199. The van der Waals surface area contributed by atoms with Gasteiger partial charge in [-0.25, -0.2) is 20.4 Å². The van der Waals surface area contributed by atoms with E-state index < -0.39 is 29.5 Å². The van der Waals surface area contributed by atoms with Crippen LogP contribution in [0.25, 0.3) is 33.4 Å². The van der Waals surface area contributed by atoms with Crippen molar-refractivity contribution < 1.29 is 28.6 Å². The number of likely N-dealkylation sites (N-methyl/N-ethyl adjacent to an activating group) is 1. The highest BCUT2D eigenvalue weighted by Gasteiger charge is 2.58. The molecule has 2 spiro atoms. The summed E-state index contributed by atoms with van der Waals surface area (Å²) >= 11 is 1.53. The smallest absolute Gasteiger partial charge is 0.324 e. The Balaban J connectivity index is 1.00. The number of carbonyl (C=O) groups excluding carboxylic acids is 3. The molecule has 0 unspecified atom stereocenters. The maximum Gasteiger partial charge on any atom is 0.324 e. The number of nitrogens with one attached hydrogen (secondary N) is 2. The lowest BCUT2D eigenvalue weighted by Crippen LogP contribution is -2.77. The topological polar surface area (TPSA) is 169 Å². The fraction of sp³-hybridized carbons (Fsp3) is 0.566. The number of cyclic esters (lactones) is 1. The second-order valence-corrected chi connectivity index (χ2v) is 23.3. The minimum atomic E-state index is -1.01. The van der Waals surface area contributed by atoms with Crippen LogP contribution >= 0.6 is 11.3 Å². The number of likely N-dealkylation sites (tertiary alicyclic amines) is 2. The number of ether oxygens (including phenoxy) is 3. The number of carbonyl (C=O) groups is 3. The molecule has 17 heteroatoms. The molecule has 0 radical (unpaired) electrons. The Kier molecular flexibility index (Phi) is 11.3. The van der Waals surface area contributed by atoms with E-state index in [0.29, 0.717) is 25.8 Å². The van der Waals surface area contributed by atoms with Gasteiger partial charge in [0, 0.05) is 113 Å². The molecule has 6 fully saturated rings. The largest absolute Gasteiger partial charge is 0.464 e. The predicted octanol–water partition coefficient (Wildman–Crippen LogP) is 6.26. The number of pyridine rings is 1. The fourth-order valence-corrected chi connectivity index (χ4v) is 13.7. The fourth-order valence-electron chi connectivity index (χ4n) is 12.7. The lowest BCUT2D eigenvalue weighted by molar-refractivity contribution is -0.173. The van der Waals surface area contributed by atoms with Crippen LogP contribution in [0.4, 0.5) is 0 Å². The molecule has 2 saturated carbocycles. The number of methoxy groups -OCH3 is 1. The number of nitrogens with zero attached hydrogens (tertiary/aromatic N) is 8. The summed E-state index contributed by atoms with van der Waals surface area (Å²) in [5.41, 5.74) is 10.9. The molecule has 12 rings (SSSR count). The highest BCUT2D eigenvalue weighted by atomic mass is 32.1. The van der Waals surface area contributed by atoms with Gasteiger partial charge in [-0.1, -0.05) is 26.8 Å². The van der Waals surface area contributed by atoms with Gasteiger partial charge in [-0.05, 0) is 94.3 Å². The molecule has 16 nitrogen and oxygen atoms in total. The number of hydrogen-bond donors (Lipinski definition) is 2. The van der Waals surface area contributed by atoms with E-state index in [1.165, 1.54) is 17.7 Å². The van der Waals surface area contributed by atoms with Crippen LogP contribution in [0.3, 0.4) is 0 Å². The highest BCUT2D eigenvalue weighted by Crippen LogP contribution is 2.57. The van der Waals surface area contributed by atoms with E-state index >= 15 is 4.79 Å². The first-order valence-corrected chi connectivity index (χ1v) is 26.1.